The molecule has 17 heavy (non-hydrogen) atoms. The summed E-state index contributed by atoms with van der Waals surface area (Å²) in [6.45, 7) is 7.62. The lowest BCUT2D eigenvalue weighted by atomic mass is 10.0. The number of hydrogen-bond acceptors (Lipinski definition) is 1. The van der Waals surface area contributed by atoms with Crippen LogP contribution in [0.15, 0.2) is 18.2 Å². The molecule has 0 spiro atoms. The number of benzene rings is 1. The van der Waals surface area contributed by atoms with E-state index in [0.717, 1.165) is 16.8 Å². The number of fused-ring (bicyclic) bond motifs is 1. The zero-order valence-corrected chi connectivity index (χ0v) is 11.6. The molecule has 0 saturated carbocycles. The third kappa shape index (κ3) is 2.44. The first-order valence-corrected chi connectivity index (χ1v) is 6.75. The minimum atomic E-state index is 0.710. The van der Waals surface area contributed by atoms with Crippen LogP contribution < -0.4 is 0 Å². The predicted molar refractivity (Wildman–Crippen MR) is 75.9 cm³/mol. The molecule has 2 rings (SSSR count). The number of rotatable bonds is 4. The Labute approximate surface area is 108 Å². The average molecular weight is 248 g/mol. The Morgan fingerprint density at radius 2 is 2.00 bits per heavy atom. The second kappa shape index (κ2) is 5.05. The summed E-state index contributed by atoms with van der Waals surface area (Å²) in [6, 6.07) is 6.47. The van der Waals surface area contributed by atoms with Gasteiger partial charge < -0.3 is 9.55 Å². The molecule has 0 aliphatic heterocycles. The lowest BCUT2D eigenvalue weighted by Crippen LogP contribution is -2.09. The minimum absolute atomic E-state index is 0.710. The van der Waals surface area contributed by atoms with E-state index in [1.807, 2.05) is 0 Å². The molecule has 0 aliphatic rings. The molecule has 0 unspecified atom stereocenters. The monoisotopic (exact) mass is 248 g/mol. The van der Waals surface area contributed by atoms with Crippen molar-refractivity contribution < 1.29 is 0 Å². The number of nitrogens with one attached hydrogen (secondary N) is 1. The van der Waals surface area contributed by atoms with E-state index in [1.165, 1.54) is 23.9 Å². The van der Waals surface area contributed by atoms with Crippen molar-refractivity contribution in [3.63, 3.8) is 0 Å². The number of H-pyrrole nitrogens is 1. The van der Waals surface area contributed by atoms with E-state index < -0.39 is 0 Å². The SMILES string of the molecule is CCC(CC)Cn1c(=S)[nH]c2cc(C)ccc21. The van der Waals surface area contributed by atoms with E-state index in [0.29, 0.717) is 5.92 Å². The van der Waals surface area contributed by atoms with Crippen LogP contribution in [0.1, 0.15) is 32.3 Å². The largest absolute Gasteiger partial charge is 0.331 e. The molecule has 2 nitrogen and oxygen atoms in total. The van der Waals surface area contributed by atoms with Gasteiger partial charge in [-0.25, -0.2) is 0 Å². The van der Waals surface area contributed by atoms with Crippen molar-refractivity contribution in [2.75, 3.05) is 0 Å². The fourth-order valence-electron chi connectivity index (χ4n) is 2.26. The Balaban J connectivity index is 2.46. The molecule has 0 bridgehead atoms. The van der Waals surface area contributed by atoms with Gasteiger partial charge >= 0.3 is 0 Å². The van der Waals surface area contributed by atoms with Crippen LogP contribution in [0, 0.1) is 17.6 Å². The third-order valence-electron chi connectivity index (χ3n) is 3.53. The van der Waals surface area contributed by atoms with Crippen LogP contribution in [-0.2, 0) is 6.54 Å². The molecule has 3 heteroatoms. The second-order valence-corrected chi connectivity index (χ2v) is 5.13. The van der Waals surface area contributed by atoms with E-state index in [9.17, 15) is 0 Å². The van der Waals surface area contributed by atoms with Gasteiger partial charge in [-0.3, -0.25) is 0 Å². The number of nitrogens with zero attached hydrogens (tertiary/aromatic N) is 1. The summed E-state index contributed by atoms with van der Waals surface area (Å²) in [5.41, 5.74) is 3.65. The first-order valence-electron chi connectivity index (χ1n) is 6.34. The van der Waals surface area contributed by atoms with Gasteiger partial charge in [0.2, 0.25) is 0 Å². The van der Waals surface area contributed by atoms with Crippen molar-refractivity contribution in [2.24, 2.45) is 5.92 Å². The zero-order valence-electron chi connectivity index (χ0n) is 10.8. The summed E-state index contributed by atoms with van der Waals surface area (Å²) in [6.07, 6.45) is 2.41. The smallest absolute Gasteiger partial charge is 0.178 e. The van der Waals surface area contributed by atoms with Crippen LogP contribution in [0.4, 0.5) is 0 Å². The molecule has 0 aliphatic carbocycles. The van der Waals surface area contributed by atoms with E-state index >= 15 is 0 Å². The van der Waals surface area contributed by atoms with Gasteiger partial charge in [0.05, 0.1) is 11.0 Å². The Hall–Kier alpha value is -1.09. The highest BCUT2D eigenvalue weighted by atomic mass is 32.1. The van der Waals surface area contributed by atoms with Gasteiger partial charge in [-0.2, -0.15) is 0 Å². The number of imidazole rings is 1. The van der Waals surface area contributed by atoms with Crippen LogP contribution >= 0.6 is 12.2 Å². The highest BCUT2D eigenvalue weighted by Crippen LogP contribution is 2.19. The molecule has 0 fully saturated rings. The van der Waals surface area contributed by atoms with Crippen LogP contribution in [0.2, 0.25) is 0 Å². The molecular weight excluding hydrogens is 228 g/mol. The van der Waals surface area contributed by atoms with Crippen LogP contribution in [0.3, 0.4) is 0 Å². The molecule has 1 aromatic carbocycles. The van der Waals surface area contributed by atoms with Gasteiger partial charge in [-0.1, -0.05) is 32.8 Å². The lowest BCUT2D eigenvalue weighted by Gasteiger charge is -2.13. The fourth-order valence-corrected chi connectivity index (χ4v) is 2.55. The minimum Gasteiger partial charge on any atom is -0.331 e. The number of aryl methyl sites for hydroxylation is 1. The molecule has 2 aromatic rings. The Kier molecular flexibility index (Phi) is 3.67. The van der Waals surface area contributed by atoms with Crippen molar-refractivity contribution in [3.05, 3.63) is 28.5 Å². The maximum Gasteiger partial charge on any atom is 0.178 e. The molecule has 1 aromatic heterocycles. The summed E-state index contributed by atoms with van der Waals surface area (Å²) in [4.78, 5) is 3.30. The summed E-state index contributed by atoms with van der Waals surface area (Å²) < 4.78 is 3.08. The van der Waals surface area contributed by atoms with Crippen LogP contribution in [0.5, 0.6) is 0 Å². The summed E-state index contributed by atoms with van der Waals surface area (Å²) in [5, 5.41) is 0. The molecule has 0 atom stereocenters. The van der Waals surface area contributed by atoms with Gasteiger partial charge in [-0.05, 0) is 42.8 Å². The zero-order chi connectivity index (χ0) is 12.4. The Morgan fingerprint density at radius 1 is 1.29 bits per heavy atom. The topological polar surface area (TPSA) is 20.7 Å². The predicted octanol–water partition coefficient (Wildman–Crippen LogP) is 4.44. The molecule has 92 valence electrons. The van der Waals surface area contributed by atoms with Crippen LogP contribution in [-0.4, -0.2) is 9.55 Å². The van der Waals surface area contributed by atoms with Crippen molar-refractivity contribution >= 4 is 23.3 Å². The highest BCUT2D eigenvalue weighted by molar-refractivity contribution is 7.71. The van der Waals surface area contributed by atoms with Gasteiger partial charge in [0.15, 0.2) is 4.77 Å². The standard InChI is InChI=1S/C14H20N2S/c1-4-11(5-2)9-16-13-7-6-10(3)8-12(13)15-14(16)17/h6-8,11H,4-5,9H2,1-3H3,(H,15,17). The van der Waals surface area contributed by atoms with Gasteiger partial charge in [0.1, 0.15) is 0 Å². The molecule has 0 saturated heterocycles. The van der Waals surface area contributed by atoms with E-state index in [-0.39, 0.29) is 0 Å². The van der Waals surface area contributed by atoms with Crippen molar-refractivity contribution in [2.45, 2.75) is 40.2 Å². The number of aromatic amines is 1. The van der Waals surface area contributed by atoms with E-state index in [1.54, 1.807) is 0 Å². The van der Waals surface area contributed by atoms with Gasteiger partial charge in [-0.15, -0.1) is 0 Å². The first-order chi connectivity index (χ1) is 8.15. The molecule has 0 radical (unpaired) electrons. The van der Waals surface area contributed by atoms with Crippen molar-refractivity contribution in [1.29, 1.82) is 0 Å². The highest BCUT2D eigenvalue weighted by Gasteiger charge is 2.09. The Morgan fingerprint density at radius 3 is 2.65 bits per heavy atom. The average Bonchev–Trinajstić information content (AvgIpc) is 2.61. The van der Waals surface area contributed by atoms with E-state index in [2.05, 4.69) is 48.5 Å². The molecule has 1 N–H and O–H groups in total. The Bertz CT molecular complexity index is 561. The number of hydrogen-bond donors (Lipinski definition) is 1. The lowest BCUT2D eigenvalue weighted by molar-refractivity contribution is 0.422. The normalized spacial score (nSPS) is 11.5. The van der Waals surface area contributed by atoms with Crippen LogP contribution in [0.25, 0.3) is 11.0 Å². The summed E-state index contributed by atoms with van der Waals surface area (Å²) >= 11 is 5.42. The van der Waals surface area contributed by atoms with E-state index in [4.69, 9.17) is 12.2 Å². The fraction of sp³-hybridized carbons (Fsp3) is 0.500. The second-order valence-electron chi connectivity index (χ2n) is 4.74. The number of aromatic nitrogens is 2. The maximum atomic E-state index is 5.42. The summed E-state index contributed by atoms with van der Waals surface area (Å²) in [7, 11) is 0. The van der Waals surface area contributed by atoms with Crippen molar-refractivity contribution in [3.8, 4) is 0 Å². The first kappa shape index (κ1) is 12.4. The summed E-state index contributed by atoms with van der Waals surface area (Å²) in [5.74, 6) is 0.710. The quantitative estimate of drug-likeness (QED) is 0.793. The third-order valence-corrected chi connectivity index (χ3v) is 3.85. The maximum absolute atomic E-state index is 5.42. The molecule has 0 amide bonds. The van der Waals surface area contributed by atoms with Crippen molar-refractivity contribution in [1.82, 2.24) is 9.55 Å². The van der Waals surface area contributed by atoms with Gasteiger partial charge in [0, 0.05) is 6.54 Å². The molecular formula is C14H20N2S. The molecule has 1 heterocycles. The van der Waals surface area contributed by atoms with Gasteiger partial charge in [0.25, 0.3) is 0 Å².